The van der Waals surface area contributed by atoms with E-state index in [0.29, 0.717) is 28.5 Å². The average molecular weight is 435 g/mol. The summed E-state index contributed by atoms with van der Waals surface area (Å²) in [7, 11) is 0.956. The first-order chi connectivity index (χ1) is 14.2. The van der Waals surface area contributed by atoms with E-state index in [0.717, 1.165) is 0 Å². The van der Waals surface area contributed by atoms with Crippen LogP contribution in [-0.4, -0.2) is 41.7 Å². The number of hydrogen-bond donors (Lipinski definition) is 2. The quantitative estimate of drug-likeness (QED) is 0.588. The van der Waals surface area contributed by atoms with E-state index in [2.05, 4.69) is 10.0 Å². The van der Waals surface area contributed by atoms with Crippen LogP contribution in [0.1, 0.15) is 19.4 Å². The molecule has 0 unspecified atom stereocenters. The van der Waals surface area contributed by atoms with E-state index in [1.807, 2.05) is 0 Å². The zero-order valence-electron chi connectivity index (χ0n) is 17.6. The number of anilines is 1. The number of sulfonamides is 1. The van der Waals surface area contributed by atoms with Crippen LogP contribution in [0.2, 0.25) is 0 Å². The van der Waals surface area contributed by atoms with Crippen LogP contribution in [0.15, 0.2) is 47.4 Å². The Hall–Kier alpha value is -3.04. The zero-order valence-corrected chi connectivity index (χ0v) is 18.4. The van der Waals surface area contributed by atoms with Gasteiger partial charge in [0.1, 0.15) is 0 Å². The van der Waals surface area contributed by atoms with Crippen LogP contribution in [0, 0.1) is 0 Å². The summed E-state index contributed by atoms with van der Waals surface area (Å²) in [5, 5.41) is 2.68. The van der Waals surface area contributed by atoms with Gasteiger partial charge in [-0.1, -0.05) is 0 Å². The number of amides is 1. The zero-order chi connectivity index (χ0) is 22.3. The molecule has 0 radical (unpaired) electrons. The number of carbonyl (C=O) groups excluding carboxylic acids is 1. The summed E-state index contributed by atoms with van der Waals surface area (Å²) < 4.78 is 42.7. The Labute approximate surface area is 176 Å². The number of methoxy groups -OCH3 is 3. The third kappa shape index (κ3) is 5.98. The Bertz CT molecular complexity index is 989. The fourth-order valence-corrected chi connectivity index (χ4v) is 3.90. The molecule has 0 saturated heterocycles. The first kappa shape index (κ1) is 23.2. The van der Waals surface area contributed by atoms with Gasteiger partial charge in [0.25, 0.3) is 0 Å². The highest BCUT2D eigenvalue weighted by atomic mass is 32.2. The van der Waals surface area contributed by atoms with Gasteiger partial charge in [-0.25, -0.2) is 13.1 Å². The molecule has 30 heavy (non-hydrogen) atoms. The van der Waals surface area contributed by atoms with Gasteiger partial charge in [-0.05, 0) is 61.9 Å². The third-order valence-electron chi connectivity index (χ3n) is 3.94. The minimum atomic E-state index is -3.58. The van der Waals surface area contributed by atoms with E-state index in [4.69, 9.17) is 14.2 Å². The number of carbonyl (C=O) groups is 1. The van der Waals surface area contributed by atoms with Crippen LogP contribution in [0.5, 0.6) is 17.2 Å². The molecule has 0 fully saturated rings. The van der Waals surface area contributed by atoms with Crippen molar-refractivity contribution in [2.75, 3.05) is 26.6 Å². The van der Waals surface area contributed by atoms with Gasteiger partial charge in [0.15, 0.2) is 11.5 Å². The van der Waals surface area contributed by atoms with Crippen molar-refractivity contribution in [2.24, 2.45) is 0 Å². The van der Waals surface area contributed by atoms with Crippen molar-refractivity contribution in [3.8, 4) is 17.2 Å². The van der Waals surface area contributed by atoms with Gasteiger partial charge in [-0.3, -0.25) is 4.79 Å². The monoisotopic (exact) mass is 434 g/mol. The second-order valence-corrected chi connectivity index (χ2v) is 8.30. The van der Waals surface area contributed by atoms with Gasteiger partial charge in [-0.2, -0.15) is 0 Å². The molecule has 0 aromatic heterocycles. The molecule has 0 aliphatic heterocycles. The van der Waals surface area contributed by atoms with Gasteiger partial charge in [0.05, 0.1) is 26.2 Å². The van der Waals surface area contributed by atoms with Crippen LogP contribution in [0.25, 0.3) is 6.08 Å². The highest BCUT2D eigenvalue weighted by molar-refractivity contribution is 7.89. The number of nitrogens with one attached hydrogen (secondary N) is 2. The summed E-state index contributed by atoms with van der Waals surface area (Å²) >= 11 is 0. The predicted octanol–water partition coefficient (Wildman–Crippen LogP) is 3.05. The lowest BCUT2D eigenvalue weighted by molar-refractivity contribution is -0.111. The molecule has 8 nitrogen and oxygen atoms in total. The van der Waals surface area contributed by atoms with E-state index < -0.39 is 10.0 Å². The molecule has 9 heteroatoms. The molecule has 2 aromatic rings. The second-order valence-electron chi connectivity index (χ2n) is 6.58. The topological polar surface area (TPSA) is 103 Å². The maximum atomic E-state index is 12.2. The molecule has 0 heterocycles. The predicted molar refractivity (Wildman–Crippen MR) is 116 cm³/mol. The Morgan fingerprint density at radius 3 is 2.00 bits per heavy atom. The van der Waals surface area contributed by atoms with Crippen molar-refractivity contribution in [2.45, 2.75) is 24.8 Å². The molecule has 0 atom stereocenters. The van der Waals surface area contributed by atoms with Gasteiger partial charge in [0.2, 0.25) is 21.7 Å². The lowest BCUT2D eigenvalue weighted by Gasteiger charge is -2.12. The van der Waals surface area contributed by atoms with Crippen LogP contribution in [0.3, 0.4) is 0 Å². The Balaban J connectivity index is 2.11. The number of ether oxygens (including phenoxy) is 3. The largest absolute Gasteiger partial charge is 0.493 e. The Morgan fingerprint density at radius 2 is 1.53 bits per heavy atom. The van der Waals surface area contributed by atoms with Crippen molar-refractivity contribution in [1.29, 1.82) is 0 Å². The van der Waals surface area contributed by atoms with Gasteiger partial charge < -0.3 is 19.5 Å². The van der Waals surface area contributed by atoms with Crippen LogP contribution in [0.4, 0.5) is 5.69 Å². The average Bonchev–Trinajstić information content (AvgIpc) is 2.70. The fourth-order valence-electron chi connectivity index (χ4n) is 2.65. The first-order valence-corrected chi connectivity index (χ1v) is 10.6. The normalized spacial score (nSPS) is 11.5. The van der Waals surface area contributed by atoms with E-state index in [-0.39, 0.29) is 16.8 Å². The molecule has 2 rings (SSSR count). The van der Waals surface area contributed by atoms with Gasteiger partial charge >= 0.3 is 0 Å². The number of benzene rings is 2. The molecule has 1 amide bonds. The molecule has 2 N–H and O–H groups in total. The lowest BCUT2D eigenvalue weighted by Crippen LogP contribution is -2.30. The summed E-state index contributed by atoms with van der Waals surface area (Å²) in [6.45, 7) is 3.49. The highest BCUT2D eigenvalue weighted by Gasteiger charge is 2.15. The molecule has 2 aromatic carbocycles. The van der Waals surface area contributed by atoms with E-state index in [1.54, 1.807) is 32.1 Å². The second kappa shape index (κ2) is 10.1. The molecule has 0 saturated carbocycles. The molecular weight excluding hydrogens is 408 g/mol. The van der Waals surface area contributed by atoms with Crippen molar-refractivity contribution in [3.05, 3.63) is 48.0 Å². The summed E-state index contributed by atoms with van der Waals surface area (Å²) in [5.74, 6) is 1.04. The summed E-state index contributed by atoms with van der Waals surface area (Å²) in [5.41, 5.74) is 1.15. The molecule has 0 aliphatic rings. The molecular formula is C21H26N2O6S. The van der Waals surface area contributed by atoms with E-state index in [1.165, 1.54) is 51.7 Å². The maximum Gasteiger partial charge on any atom is 0.248 e. The van der Waals surface area contributed by atoms with E-state index in [9.17, 15) is 13.2 Å². The standard InChI is InChI=1S/C21H26N2O6S/c1-14(2)23-30(25,26)17-9-7-16(8-10-17)22-20(24)11-6-15-12-18(27-3)21(29-5)19(13-15)28-4/h6-14,23H,1-5H3,(H,22,24)/b11-6+. The lowest BCUT2D eigenvalue weighted by atomic mass is 10.1. The van der Waals surface area contributed by atoms with Crippen molar-refractivity contribution < 1.29 is 27.4 Å². The van der Waals surface area contributed by atoms with Gasteiger partial charge in [-0.15, -0.1) is 0 Å². The highest BCUT2D eigenvalue weighted by Crippen LogP contribution is 2.38. The molecule has 0 bridgehead atoms. The minimum absolute atomic E-state index is 0.127. The molecule has 0 aliphatic carbocycles. The van der Waals surface area contributed by atoms with E-state index >= 15 is 0 Å². The Kier molecular flexibility index (Phi) is 7.85. The van der Waals surface area contributed by atoms with Crippen LogP contribution >= 0.6 is 0 Å². The van der Waals surface area contributed by atoms with Crippen molar-refractivity contribution in [1.82, 2.24) is 4.72 Å². The number of hydrogen-bond acceptors (Lipinski definition) is 6. The molecule has 162 valence electrons. The summed E-state index contributed by atoms with van der Waals surface area (Å²) in [6.07, 6.45) is 2.96. The SMILES string of the molecule is COc1cc(/C=C/C(=O)Nc2ccc(S(=O)(=O)NC(C)C)cc2)cc(OC)c1OC. The fraction of sp³-hybridized carbons (Fsp3) is 0.286. The van der Waals surface area contributed by atoms with Crippen molar-refractivity contribution in [3.63, 3.8) is 0 Å². The van der Waals surface area contributed by atoms with Crippen molar-refractivity contribution >= 4 is 27.7 Å². The number of rotatable bonds is 9. The summed E-state index contributed by atoms with van der Waals surface area (Å²) in [6, 6.07) is 9.14. The van der Waals surface area contributed by atoms with Crippen LogP contribution < -0.4 is 24.2 Å². The third-order valence-corrected chi connectivity index (χ3v) is 5.61. The Morgan fingerprint density at radius 1 is 0.967 bits per heavy atom. The minimum Gasteiger partial charge on any atom is -0.493 e. The summed E-state index contributed by atoms with van der Waals surface area (Å²) in [4.78, 5) is 12.4. The smallest absolute Gasteiger partial charge is 0.248 e. The molecule has 0 spiro atoms. The van der Waals surface area contributed by atoms with Crippen LogP contribution in [-0.2, 0) is 14.8 Å². The maximum absolute atomic E-state index is 12.2. The van der Waals surface area contributed by atoms with Gasteiger partial charge in [0, 0.05) is 17.8 Å². The first-order valence-electron chi connectivity index (χ1n) is 9.11.